The van der Waals surface area contributed by atoms with Crippen LogP contribution in [0.3, 0.4) is 0 Å². The van der Waals surface area contributed by atoms with Crippen LogP contribution >= 0.6 is 11.8 Å². The van der Waals surface area contributed by atoms with Gasteiger partial charge in [0.15, 0.2) is 17.5 Å². The molecule has 10 rings (SSSR count). The van der Waals surface area contributed by atoms with Gasteiger partial charge in [-0.25, -0.2) is 19.8 Å². The summed E-state index contributed by atoms with van der Waals surface area (Å²) in [7, 11) is 0. The van der Waals surface area contributed by atoms with E-state index in [1.54, 1.807) is 23.9 Å². The third-order valence-corrected chi connectivity index (χ3v) is 11.0. The van der Waals surface area contributed by atoms with Gasteiger partial charge in [-0.2, -0.15) is 5.26 Å². The van der Waals surface area contributed by atoms with Gasteiger partial charge in [-0.05, 0) is 54.6 Å². The van der Waals surface area contributed by atoms with Crippen molar-refractivity contribution < 1.29 is 0 Å². The van der Waals surface area contributed by atoms with Crippen molar-refractivity contribution in [1.29, 1.82) is 5.26 Å². The molecule has 2 aromatic heterocycles. The minimum absolute atomic E-state index is 0.321. The molecule has 7 nitrogen and oxygen atoms in total. The molecule has 1 aliphatic heterocycles. The predicted octanol–water partition coefficient (Wildman–Crippen LogP) is 12.3. The largest absolute Gasteiger partial charge is 0.318 e. The molecule has 55 heavy (non-hydrogen) atoms. The number of nitrogens with zero attached hydrogens (tertiary/aromatic N) is 7. The summed E-state index contributed by atoms with van der Waals surface area (Å²) in [5, 5.41) is 12.9. The highest BCUT2D eigenvalue weighted by atomic mass is 32.2. The first kappa shape index (κ1) is 32.2. The van der Waals surface area contributed by atoms with Crippen LogP contribution in [0.15, 0.2) is 174 Å². The summed E-state index contributed by atoms with van der Waals surface area (Å²) in [6.45, 7) is 8.48. The molecule has 0 saturated carbocycles. The van der Waals surface area contributed by atoms with Crippen molar-refractivity contribution in [1.82, 2.24) is 19.5 Å². The lowest BCUT2D eigenvalue weighted by atomic mass is 10.1. The second-order valence-electron chi connectivity index (χ2n) is 13.1. The fourth-order valence-corrected chi connectivity index (χ4v) is 8.48. The van der Waals surface area contributed by atoms with Crippen LogP contribution in [-0.4, -0.2) is 19.5 Å². The average molecular weight is 722 g/mol. The topological polar surface area (TPSA) is 75.0 Å². The standard InChI is InChI=1S/C47H27N7S/c1-49-37-26-32(47-51-45(30-15-5-2-6-16-30)50-46(52-47)31-17-7-3-8-18-31)25-33(29-48)44(37)54-38-22-12-11-21-35(38)36-27-41-43(28-40(36)54)55-42-24-14-13-23-39(42)53(41)34-19-9-4-10-20-34/h2-28H. The SMILES string of the molecule is [C-]#[N+]c1cc(-c2nc(-c3ccccc3)nc(-c3ccccc3)n2)cc(C#N)c1-n1c2ccccc2c2cc3c(cc21)Sc1ccccc1N3c1ccccc1. The van der Waals surface area contributed by atoms with Crippen LogP contribution in [-0.2, 0) is 0 Å². The van der Waals surface area contributed by atoms with Crippen LogP contribution in [0.5, 0.6) is 0 Å². The minimum Gasteiger partial charge on any atom is -0.318 e. The van der Waals surface area contributed by atoms with Crippen molar-refractivity contribution in [2.75, 3.05) is 4.90 Å². The van der Waals surface area contributed by atoms with Gasteiger partial charge in [0.2, 0.25) is 5.69 Å². The quantitative estimate of drug-likeness (QED) is 0.165. The van der Waals surface area contributed by atoms with Crippen molar-refractivity contribution in [3.05, 3.63) is 181 Å². The lowest BCUT2D eigenvalue weighted by Gasteiger charge is -2.33. The van der Waals surface area contributed by atoms with E-state index in [4.69, 9.17) is 21.5 Å². The summed E-state index contributed by atoms with van der Waals surface area (Å²) in [5.41, 5.74) is 8.50. The molecule has 0 radical (unpaired) electrons. The van der Waals surface area contributed by atoms with Crippen molar-refractivity contribution in [2.45, 2.75) is 9.79 Å². The molecular weight excluding hydrogens is 695 g/mol. The molecule has 0 amide bonds. The normalized spacial score (nSPS) is 11.9. The molecule has 0 N–H and O–H groups in total. The molecule has 7 aromatic carbocycles. The van der Waals surface area contributed by atoms with Gasteiger partial charge in [-0.15, -0.1) is 0 Å². The Morgan fingerprint density at radius 2 is 1.15 bits per heavy atom. The third-order valence-electron chi connectivity index (χ3n) is 9.85. The van der Waals surface area contributed by atoms with Crippen LogP contribution in [0.4, 0.5) is 22.7 Å². The Morgan fingerprint density at radius 1 is 0.545 bits per heavy atom. The number of para-hydroxylation sites is 3. The lowest BCUT2D eigenvalue weighted by molar-refractivity contribution is 1.07. The van der Waals surface area contributed by atoms with Gasteiger partial charge in [0, 0.05) is 42.9 Å². The van der Waals surface area contributed by atoms with E-state index < -0.39 is 0 Å². The monoisotopic (exact) mass is 721 g/mol. The highest BCUT2D eigenvalue weighted by Crippen LogP contribution is 2.53. The number of hydrogen-bond donors (Lipinski definition) is 0. The first-order chi connectivity index (χ1) is 27.2. The molecule has 0 saturated heterocycles. The van der Waals surface area contributed by atoms with E-state index in [1.807, 2.05) is 78.9 Å². The third kappa shape index (κ3) is 5.40. The Morgan fingerprint density at radius 3 is 1.82 bits per heavy atom. The molecular formula is C47H27N7S. The first-order valence-electron chi connectivity index (χ1n) is 17.7. The summed E-state index contributed by atoms with van der Waals surface area (Å²) in [4.78, 5) is 23.2. The second-order valence-corrected chi connectivity index (χ2v) is 14.2. The smallest absolute Gasteiger partial charge is 0.212 e. The predicted molar refractivity (Wildman–Crippen MR) is 220 cm³/mol. The van der Waals surface area contributed by atoms with E-state index in [0.29, 0.717) is 40.0 Å². The van der Waals surface area contributed by atoms with Gasteiger partial charge in [-0.3, -0.25) is 0 Å². The van der Waals surface area contributed by atoms with Gasteiger partial charge in [-0.1, -0.05) is 121 Å². The van der Waals surface area contributed by atoms with E-state index in [-0.39, 0.29) is 0 Å². The van der Waals surface area contributed by atoms with E-state index >= 15 is 0 Å². The van der Waals surface area contributed by atoms with E-state index in [1.165, 1.54) is 0 Å². The van der Waals surface area contributed by atoms with Crippen LogP contribution in [0.1, 0.15) is 5.56 Å². The van der Waals surface area contributed by atoms with Crippen LogP contribution < -0.4 is 4.90 Å². The van der Waals surface area contributed by atoms with Crippen molar-refractivity contribution in [3.8, 4) is 45.9 Å². The molecule has 0 unspecified atom stereocenters. The van der Waals surface area contributed by atoms with Gasteiger partial charge in [0.25, 0.3) is 0 Å². The van der Waals surface area contributed by atoms with Gasteiger partial charge in [0.05, 0.1) is 46.3 Å². The zero-order valence-electron chi connectivity index (χ0n) is 29.1. The number of rotatable bonds is 5. The molecule has 0 fully saturated rings. The number of fused-ring (bicyclic) bond motifs is 5. The molecule has 256 valence electrons. The summed E-state index contributed by atoms with van der Waals surface area (Å²) in [5.74, 6) is 1.40. The maximum atomic E-state index is 10.8. The van der Waals surface area contributed by atoms with Crippen molar-refractivity contribution in [3.63, 3.8) is 0 Å². The fraction of sp³-hybridized carbons (Fsp3) is 0. The zero-order valence-corrected chi connectivity index (χ0v) is 29.9. The molecule has 8 heteroatoms. The average Bonchev–Trinajstić information content (AvgIpc) is 3.57. The molecule has 1 aliphatic rings. The van der Waals surface area contributed by atoms with E-state index in [2.05, 4.69) is 93.2 Å². The van der Waals surface area contributed by atoms with Gasteiger partial charge in [0.1, 0.15) is 0 Å². The second kappa shape index (κ2) is 13.2. The summed E-state index contributed by atoms with van der Waals surface area (Å²) >= 11 is 1.73. The fourth-order valence-electron chi connectivity index (χ4n) is 7.40. The molecule has 0 spiro atoms. The Kier molecular flexibility index (Phi) is 7.69. The molecule has 3 heterocycles. The maximum absolute atomic E-state index is 10.8. The first-order valence-corrected chi connectivity index (χ1v) is 18.5. The Bertz CT molecular complexity index is 2940. The van der Waals surface area contributed by atoms with E-state index in [9.17, 15) is 5.26 Å². The van der Waals surface area contributed by atoms with Gasteiger partial charge >= 0.3 is 0 Å². The summed E-state index contributed by atoms with van der Waals surface area (Å²) < 4.78 is 2.08. The lowest BCUT2D eigenvalue weighted by Crippen LogP contribution is -2.14. The van der Waals surface area contributed by atoms with Crippen molar-refractivity contribution >= 4 is 56.3 Å². The summed E-state index contributed by atoms with van der Waals surface area (Å²) in [6.07, 6.45) is 0. The Hall–Kier alpha value is -7.52. The molecule has 9 aromatic rings. The number of anilines is 3. The highest BCUT2D eigenvalue weighted by Gasteiger charge is 2.28. The number of hydrogen-bond acceptors (Lipinski definition) is 6. The number of benzene rings is 7. The maximum Gasteiger partial charge on any atom is 0.212 e. The van der Waals surface area contributed by atoms with Gasteiger partial charge < -0.3 is 9.47 Å². The Balaban J connectivity index is 1.20. The van der Waals surface area contributed by atoms with Crippen molar-refractivity contribution in [2.24, 2.45) is 0 Å². The number of aromatic nitrogens is 4. The van der Waals surface area contributed by atoms with Crippen LogP contribution in [0.25, 0.3) is 66.5 Å². The Labute approximate surface area is 321 Å². The molecule has 0 atom stereocenters. The van der Waals surface area contributed by atoms with E-state index in [0.717, 1.165) is 59.8 Å². The molecule has 0 bridgehead atoms. The minimum atomic E-state index is 0.321. The van der Waals surface area contributed by atoms with Crippen LogP contribution in [0, 0.1) is 17.9 Å². The molecule has 0 aliphatic carbocycles. The van der Waals surface area contributed by atoms with Crippen LogP contribution in [0.2, 0.25) is 0 Å². The highest BCUT2D eigenvalue weighted by molar-refractivity contribution is 7.99. The number of nitriles is 1. The summed E-state index contributed by atoms with van der Waals surface area (Å²) in [6, 6.07) is 57.0. The zero-order chi connectivity index (χ0) is 36.9.